The third-order valence-corrected chi connectivity index (χ3v) is 5.95. The fourth-order valence-electron chi connectivity index (χ4n) is 2.17. The fourth-order valence-corrected chi connectivity index (χ4v) is 3.85. The predicted octanol–water partition coefficient (Wildman–Crippen LogP) is 2.00. The van der Waals surface area contributed by atoms with Gasteiger partial charge in [-0.3, -0.25) is 4.79 Å². The second-order valence-electron chi connectivity index (χ2n) is 5.51. The molecule has 0 aromatic heterocycles. The zero-order valence-corrected chi connectivity index (χ0v) is 16.5. The molecular weight excluding hydrogens is 368 g/mol. The van der Waals surface area contributed by atoms with Crippen LogP contribution < -0.4 is 0 Å². The molecule has 0 aliphatic rings. The van der Waals surface area contributed by atoms with E-state index in [2.05, 4.69) is 0 Å². The maximum Gasteiger partial charge on any atom is 0.340 e. The number of amides is 1. The summed E-state index contributed by atoms with van der Waals surface area (Å²) < 4.78 is 31.5. The van der Waals surface area contributed by atoms with Crippen LogP contribution in [0.1, 0.15) is 31.1 Å². The van der Waals surface area contributed by atoms with Crippen LogP contribution >= 0.6 is 11.6 Å². The second kappa shape index (κ2) is 8.64. The van der Waals surface area contributed by atoms with Crippen LogP contribution in [0.2, 0.25) is 5.02 Å². The number of rotatable bonds is 7. The van der Waals surface area contributed by atoms with Crippen LogP contribution in [0.5, 0.6) is 0 Å². The van der Waals surface area contributed by atoms with E-state index in [1.54, 1.807) is 13.8 Å². The molecule has 0 fully saturated rings. The van der Waals surface area contributed by atoms with Crippen molar-refractivity contribution < 1.29 is 22.7 Å². The SMILES string of the molecule is CCN(CC)S(=O)(=O)c1ccc(Cl)c(C(=O)OC(C)C(=O)N(C)C)c1. The Bertz CT molecular complexity index is 745. The number of carbonyl (C=O) groups excluding carboxylic acids is 2. The van der Waals surface area contributed by atoms with Crippen molar-refractivity contribution in [1.82, 2.24) is 9.21 Å². The minimum absolute atomic E-state index is 0.0491. The van der Waals surface area contributed by atoms with Gasteiger partial charge in [-0.1, -0.05) is 25.4 Å². The maximum absolute atomic E-state index is 12.6. The van der Waals surface area contributed by atoms with E-state index in [4.69, 9.17) is 16.3 Å². The van der Waals surface area contributed by atoms with Gasteiger partial charge in [0.15, 0.2) is 6.10 Å². The van der Waals surface area contributed by atoms with Crippen LogP contribution in [0, 0.1) is 0 Å². The average molecular weight is 391 g/mol. The highest BCUT2D eigenvalue weighted by atomic mass is 35.5. The molecule has 9 heteroatoms. The molecule has 7 nitrogen and oxygen atoms in total. The molecule has 0 saturated heterocycles. The smallest absolute Gasteiger partial charge is 0.340 e. The Kier molecular flexibility index (Phi) is 7.40. The van der Waals surface area contributed by atoms with Gasteiger partial charge in [0.05, 0.1) is 15.5 Å². The lowest BCUT2D eigenvalue weighted by molar-refractivity contribution is -0.137. The molecular formula is C16H23ClN2O5S. The van der Waals surface area contributed by atoms with Crippen molar-refractivity contribution in [2.75, 3.05) is 27.2 Å². The molecule has 1 aromatic rings. The first-order valence-electron chi connectivity index (χ1n) is 7.78. The monoisotopic (exact) mass is 390 g/mol. The number of hydrogen-bond donors (Lipinski definition) is 0. The van der Waals surface area contributed by atoms with Crippen molar-refractivity contribution in [3.05, 3.63) is 28.8 Å². The lowest BCUT2D eigenvalue weighted by Crippen LogP contribution is -2.35. The van der Waals surface area contributed by atoms with E-state index >= 15 is 0 Å². The Hall–Kier alpha value is -1.64. The number of nitrogens with zero attached hydrogens (tertiary/aromatic N) is 2. The van der Waals surface area contributed by atoms with Crippen LogP contribution in [0.25, 0.3) is 0 Å². The summed E-state index contributed by atoms with van der Waals surface area (Å²) in [5.74, 6) is -1.25. The number of halogens is 1. The molecule has 0 heterocycles. The quantitative estimate of drug-likeness (QED) is 0.665. The van der Waals surface area contributed by atoms with Gasteiger partial charge in [0.2, 0.25) is 10.0 Å². The van der Waals surface area contributed by atoms with Gasteiger partial charge < -0.3 is 9.64 Å². The van der Waals surface area contributed by atoms with E-state index in [9.17, 15) is 18.0 Å². The molecule has 0 saturated carbocycles. The van der Waals surface area contributed by atoms with Crippen molar-refractivity contribution in [2.24, 2.45) is 0 Å². The van der Waals surface area contributed by atoms with Crippen LogP contribution in [0.3, 0.4) is 0 Å². The van der Waals surface area contributed by atoms with Crippen molar-refractivity contribution in [1.29, 1.82) is 0 Å². The normalized spacial score (nSPS) is 12.8. The molecule has 1 unspecified atom stereocenters. The maximum atomic E-state index is 12.6. The minimum atomic E-state index is -3.74. The van der Waals surface area contributed by atoms with Crippen LogP contribution in [0.15, 0.2) is 23.1 Å². The molecule has 1 atom stereocenters. The Morgan fingerprint density at radius 2 is 1.76 bits per heavy atom. The number of benzene rings is 1. The Balaban J connectivity index is 3.18. The van der Waals surface area contributed by atoms with Gasteiger partial charge in [-0.2, -0.15) is 4.31 Å². The number of sulfonamides is 1. The molecule has 1 aromatic carbocycles. The lowest BCUT2D eigenvalue weighted by atomic mass is 10.2. The van der Waals surface area contributed by atoms with Crippen molar-refractivity contribution in [3.63, 3.8) is 0 Å². The van der Waals surface area contributed by atoms with E-state index in [1.165, 1.54) is 48.4 Å². The minimum Gasteiger partial charge on any atom is -0.449 e. The Morgan fingerprint density at radius 1 is 1.20 bits per heavy atom. The second-order valence-corrected chi connectivity index (χ2v) is 7.86. The van der Waals surface area contributed by atoms with Crippen molar-refractivity contribution in [3.8, 4) is 0 Å². The van der Waals surface area contributed by atoms with Gasteiger partial charge in [-0.15, -0.1) is 0 Å². The van der Waals surface area contributed by atoms with Crippen LogP contribution in [-0.2, 0) is 19.6 Å². The lowest BCUT2D eigenvalue weighted by Gasteiger charge is -2.20. The van der Waals surface area contributed by atoms with Gasteiger partial charge in [0, 0.05) is 27.2 Å². The van der Waals surface area contributed by atoms with E-state index in [0.717, 1.165) is 0 Å². The van der Waals surface area contributed by atoms with E-state index in [1.807, 2.05) is 0 Å². The van der Waals surface area contributed by atoms with Gasteiger partial charge in [0.1, 0.15) is 0 Å². The van der Waals surface area contributed by atoms with Crippen molar-refractivity contribution in [2.45, 2.75) is 31.8 Å². The zero-order chi connectivity index (χ0) is 19.4. The molecule has 1 rings (SSSR count). The van der Waals surface area contributed by atoms with E-state index in [0.29, 0.717) is 13.1 Å². The molecule has 0 bridgehead atoms. The average Bonchev–Trinajstić information content (AvgIpc) is 2.54. The molecule has 0 aliphatic carbocycles. The zero-order valence-electron chi connectivity index (χ0n) is 14.9. The highest BCUT2D eigenvalue weighted by Gasteiger charge is 2.26. The summed E-state index contributed by atoms with van der Waals surface area (Å²) in [6, 6.07) is 3.83. The van der Waals surface area contributed by atoms with Gasteiger partial charge >= 0.3 is 5.97 Å². The summed E-state index contributed by atoms with van der Waals surface area (Å²) in [5, 5.41) is 0.0491. The van der Waals surface area contributed by atoms with Crippen molar-refractivity contribution >= 4 is 33.5 Å². The largest absolute Gasteiger partial charge is 0.449 e. The number of hydrogen-bond acceptors (Lipinski definition) is 5. The molecule has 1 amide bonds. The fraction of sp³-hybridized carbons (Fsp3) is 0.500. The molecule has 25 heavy (non-hydrogen) atoms. The third-order valence-electron chi connectivity index (χ3n) is 3.57. The molecule has 140 valence electrons. The Morgan fingerprint density at radius 3 is 2.24 bits per heavy atom. The van der Waals surface area contributed by atoms with E-state index < -0.39 is 28.0 Å². The first kappa shape index (κ1) is 21.4. The van der Waals surface area contributed by atoms with Crippen LogP contribution in [0.4, 0.5) is 0 Å². The van der Waals surface area contributed by atoms with Crippen LogP contribution in [-0.4, -0.2) is 62.8 Å². The summed E-state index contributed by atoms with van der Waals surface area (Å²) >= 11 is 6.01. The predicted molar refractivity (Wildman–Crippen MR) is 95.1 cm³/mol. The van der Waals surface area contributed by atoms with Gasteiger partial charge in [0.25, 0.3) is 5.91 Å². The summed E-state index contributed by atoms with van der Waals surface area (Å²) in [7, 11) is -0.663. The number of carbonyl (C=O) groups is 2. The highest BCUT2D eigenvalue weighted by molar-refractivity contribution is 7.89. The van der Waals surface area contributed by atoms with Gasteiger partial charge in [-0.25, -0.2) is 13.2 Å². The first-order chi connectivity index (χ1) is 11.6. The topological polar surface area (TPSA) is 84.0 Å². The van der Waals surface area contributed by atoms with E-state index in [-0.39, 0.29) is 15.5 Å². The van der Waals surface area contributed by atoms with Gasteiger partial charge in [-0.05, 0) is 25.1 Å². The highest BCUT2D eigenvalue weighted by Crippen LogP contribution is 2.24. The first-order valence-corrected chi connectivity index (χ1v) is 9.59. The molecule has 0 spiro atoms. The summed E-state index contributed by atoms with van der Waals surface area (Å²) in [4.78, 5) is 25.3. The Labute approximate surface area is 153 Å². The summed E-state index contributed by atoms with van der Waals surface area (Å²) in [6.45, 7) is 5.48. The molecule has 0 aliphatic heterocycles. The number of likely N-dealkylation sites (N-methyl/N-ethyl adjacent to an activating group) is 1. The number of ether oxygens (including phenoxy) is 1. The standard InChI is InChI=1S/C16H23ClN2O5S/c1-6-19(7-2)25(22,23)12-8-9-14(17)13(10-12)16(21)24-11(3)15(20)18(4)5/h8-11H,6-7H2,1-5H3. The molecule has 0 radical (unpaired) electrons. The summed E-state index contributed by atoms with van der Waals surface area (Å²) in [5.41, 5.74) is -0.103. The number of esters is 1. The molecule has 0 N–H and O–H groups in total. The third kappa shape index (κ3) is 4.93. The summed E-state index contributed by atoms with van der Waals surface area (Å²) in [6.07, 6.45) is -1.01.